The van der Waals surface area contributed by atoms with Crippen LogP contribution in [0.15, 0.2) is 47.1 Å². The summed E-state index contributed by atoms with van der Waals surface area (Å²) in [6.45, 7) is 6.27. The minimum absolute atomic E-state index is 0.0142. The molecule has 1 heterocycles. The molecule has 0 saturated carbocycles. The van der Waals surface area contributed by atoms with Gasteiger partial charge in [0.2, 0.25) is 5.88 Å². The van der Waals surface area contributed by atoms with Crippen molar-refractivity contribution in [2.24, 2.45) is 5.73 Å². The Balaban J connectivity index is 2.70. The maximum atomic E-state index is 12.7. The number of hydrogen-bond acceptors (Lipinski definition) is 6. The highest BCUT2D eigenvalue weighted by Crippen LogP contribution is 2.43. The number of allylic oxidation sites excluding steroid dienone is 2. The monoisotopic (exact) mass is 356 g/mol. The number of ether oxygens (including phenoxy) is 3. The number of hydrogen-bond donors (Lipinski definition) is 1. The molecule has 26 heavy (non-hydrogen) atoms. The highest BCUT2D eigenvalue weighted by atomic mass is 16.5. The van der Waals surface area contributed by atoms with Crippen molar-refractivity contribution in [3.8, 4) is 11.8 Å². The minimum atomic E-state index is -0.683. The van der Waals surface area contributed by atoms with E-state index in [1.165, 1.54) is 0 Å². The van der Waals surface area contributed by atoms with E-state index in [9.17, 15) is 10.1 Å². The molecule has 0 bridgehead atoms. The van der Waals surface area contributed by atoms with Crippen LogP contribution in [0.2, 0.25) is 0 Å². The molecule has 0 saturated heterocycles. The van der Waals surface area contributed by atoms with Crippen LogP contribution < -0.4 is 10.5 Å². The van der Waals surface area contributed by atoms with E-state index in [-0.39, 0.29) is 18.1 Å². The zero-order valence-electron chi connectivity index (χ0n) is 15.4. The Morgan fingerprint density at radius 1 is 1.27 bits per heavy atom. The number of para-hydroxylation sites is 1. The summed E-state index contributed by atoms with van der Waals surface area (Å²) in [5.74, 6) is -0.135. The SMILES string of the molecule is CCCC1=C(C(=O)OCC)[C@H](c2ccccc2OCC)C(C#N)=C(N)O1. The molecule has 0 aromatic heterocycles. The van der Waals surface area contributed by atoms with Gasteiger partial charge in [-0.15, -0.1) is 0 Å². The van der Waals surface area contributed by atoms with Crippen molar-refractivity contribution in [3.63, 3.8) is 0 Å². The molecular formula is C20H24N2O4. The number of esters is 1. The molecular weight excluding hydrogens is 332 g/mol. The van der Waals surface area contributed by atoms with E-state index in [1.807, 2.05) is 38.1 Å². The highest BCUT2D eigenvalue weighted by Gasteiger charge is 2.38. The van der Waals surface area contributed by atoms with Crippen LogP contribution >= 0.6 is 0 Å². The minimum Gasteiger partial charge on any atom is -0.494 e. The lowest BCUT2D eigenvalue weighted by atomic mass is 9.82. The maximum absolute atomic E-state index is 12.7. The van der Waals surface area contributed by atoms with Gasteiger partial charge in [0, 0.05) is 12.0 Å². The van der Waals surface area contributed by atoms with Crippen LogP contribution in [-0.2, 0) is 14.3 Å². The predicted molar refractivity (Wildman–Crippen MR) is 96.8 cm³/mol. The Hall–Kier alpha value is -2.94. The van der Waals surface area contributed by atoms with E-state index >= 15 is 0 Å². The first-order valence-electron chi connectivity index (χ1n) is 8.78. The molecule has 0 radical (unpaired) electrons. The molecule has 0 amide bonds. The van der Waals surface area contributed by atoms with Crippen LogP contribution in [-0.4, -0.2) is 19.2 Å². The van der Waals surface area contributed by atoms with Gasteiger partial charge in [-0.05, 0) is 26.3 Å². The summed E-state index contributed by atoms with van der Waals surface area (Å²) >= 11 is 0. The summed E-state index contributed by atoms with van der Waals surface area (Å²) in [6, 6.07) is 9.40. The molecule has 1 aromatic rings. The molecule has 1 aromatic carbocycles. The Bertz CT molecular complexity index is 774. The highest BCUT2D eigenvalue weighted by molar-refractivity contribution is 5.93. The van der Waals surface area contributed by atoms with Crippen molar-refractivity contribution >= 4 is 5.97 Å². The molecule has 2 N–H and O–H groups in total. The van der Waals surface area contributed by atoms with Crippen LogP contribution in [0, 0.1) is 11.3 Å². The second-order valence-corrected chi connectivity index (χ2v) is 5.70. The largest absolute Gasteiger partial charge is 0.494 e. The van der Waals surface area contributed by atoms with Gasteiger partial charge in [0.05, 0.1) is 24.7 Å². The average Bonchev–Trinajstić information content (AvgIpc) is 2.62. The molecule has 0 fully saturated rings. The van der Waals surface area contributed by atoms with Gasteiger partial charge in [-0.25, -0.2) is 4.79 Å². The summed E-state index contributed by atoms with van der Waals surface area (Å²) in [4.78, 5) is 12.7. The summed E-state index contributed by atoms with van der Waals surface area (Å²) in [7, 11) is 0. The summed E-state index contributed by atoms with van der Waals surface area (Å²) in [5, 5.41) is 9.68. The molecule has 6 heteroatoms. The lowest BCUT2D eigenvalue weighted by molar-refractivity contribution is -0.139. The van der Waals surface area contributed by atoms with Crippen molar-refractivity contribution < 1.29 is 19.0 Å². The Kier molecular flexibility index (Phi) is 6.67. The molecule has 1 atom stereocenters. The van der Waals surface area contributed by atoms with E-state index in [0.717, 1.165) is 6.42 Å². The first-order valence-corrected chi connectivity index (χ1v) is 8.78. The molecule has 138 valence electrons. The van der Waals surface area contributed by atoms with Gasteiger partial charge in [-0.1, -0.05) is 25.1 Å². The van der Waals surface area contributed by atoms with Crippen molar-refractivity contribution in [3.05, 3.63) is 52.6 Å². The Morgan fingerprint density at radius 2 is 2.00 bits per heavy atom. The van der Waals surface area contributed by atoms with Gasteiger partial charge in [0.15, 0.2) is 0 Å². The second-order valence-electron chi connectivity index (χ2n) is 5.70. The fourth-order valence-electron chi connectivity index (χ4n) is 2.98. The zero-order valence-corrected chi connectivity index (χ0v) is 15.4. The molecule has 2 rings (SSSR count). The van der Waals surface area contributed by atoms with Crippen LogP contribution in [0.3, 0.4) is 0 Å². The lowest BCUT2D eigenvalue weighted by Crippen LogP contribution is -2.26. The molecule has 0 aliphatic carbocycles. The number of nitriles is 1. The fraction of sp³-hybridized carbons (Fsp3) is 0.400. The molecule has 1 aliphatic rings. The van der Waals surface area contributed by atoms with Crippen LogP contribution in [0.4, 0.5) is 0 Å². The topological polar surface area (TPSA) is 94.6 Å². The third kappa shape index (κ3) is 3.83. The normalized spacial score (nSPS) is 16.8. The average molecular weight is 356 g/mol. The number of carbonyl (C=O) groups is 1. The molecule has 6 nitrogen and oxygen atoms in total. The summed E-state index contributed by atoms with van der Waals surface area (Å²) in [6.07, 6.45) is 1.27. The third-order valence-corrected chi connectivity index (χ3v) is 4.00. The van der Waals surface area contributed by atoms with Crippen LogP contribution in [0.25, 0.3) is 0 Å². The third-order valence-electron chi connectivity index (χ3n) is 4.00. The van der Waals surface area contributed by atoms with Gasteiger partial charge in [0.25, 0.3) is 0 Å². The van der Waals surface area contributed by atoms with E-state index in [0.29, 0.717) is 35.7 Å². The van der Waals surface area contributed by atoms with Crippen molar-refractivity contribution in [2.75, 3.05) is 13.2 Å². The van der Waals surface area contributed by atoms with Crippen molar-refractivity contribution in [1.29, 1.82) is 5.26 Å². The van der Waals surface area contributed by atoms with Crippen molar-refractivity contribution in [2.45, 2.75) is 39.5 Å². The number of nitrogens with two attached hydrogens (primary N) is 1. The molecule has 0 spiro atoms. The summed E-state index contributed by atoms with van der Waals surface area (Å²) in [5.41, 5.74) is 7.19. The maximum Gasteiger partial charge on any atom is 0.338 e. The van der Waals surface area contributed by atoms with E-state index in [2.05, 4.69) is 6.07 Å². The quantitative estimate of drug-likeness (QED) is 0.751. The van der Waals surface area contributed by atoms with E-state index in [1.54, 1.807) is 6.92 Å². The Labute approximate surface area is 153 Å². The fourth-order valence-corrected chi connectivity index (χ4v) is 2.98. The van der Waals surface area contributed by atoms with Crippen LogP contribution in [0.5, 0.6) is 5.75 Å². The van der Waals surface area contributed by atoms with Gasteiger partial charge < -0.3 is 19.9 Å². The second kappa shape index (κ2) is 8.95. The number of rotatable bonds is 7. The van der Waals surface area contributed by atoms with Crippen LogP contribution in [0.1, 0.15) is 45.1 Å². The van der Waals surface area contributed by atoms with E-state index < -0.39 is 11.9 Å². The van der Waals surface area contributed by atoms with Crippen molar-refractivity contribution in [1.82, 2.24) is 0 Å². The summed E-state index contributed by atoms with van der Waals surface area (Å²) < 4.78 is 16.6. The first kappa shape index (κ1) is 19.4. The van der Waals surface area contributed by atoms with Gasteiger partial charge in [0.1, 0.15) is 23.2 Å². The zero-order chi connectivity index (χ0) is 19.1. The lowest BCUT2D eigenvalue weighted by Gasteiger charge is -2.29. The van der Waals surface area contributed by atoms with Gasteiger partial charge in [-0.2, -0.15) is 5.26 Å². The Morgan fingerprint density at radius 3 is 2.62 bits per heavy atom. The smallest absolute Gasteiger partial charge is 0.338 e. The van der Waals surface area contributed by atoms with Gasteiger partial charge >= 0.3 is 5.97 Å². The molecule has 1 aliphatic heterocycles. The number of carbonyl (C=O) groups excluding carboxylic acids is 1. The molecule has 0 unspecified atom stereocenters. The van der Waals surface area contributed by atoms with Gasteiger partial charge in [-0.3, -0.25) is 0 Å². The first-order chi connectivity index (χ1) is 12.6. The standard InChI is InChI=1S/C20H24N2O4/c1-4-9-16-18(20(23)25-6-3)17(14(12-21)19(22)26-16)13-10-7-8-11-15(13)24-5-2/h7-8,10-11,17H,4-6,9,22H2,1-3H3/t17-/m1/s1. The van der Waals surface area contributed by atoms with E-state index in [4.69, 9.17) is 19.9 Å². The number of benzene rings is 1. The number of nitrogens with zero attached hydrogens (tertiary/aromatic N) is 1. The predicted octanol–water partition coefficient (Wildman–Crippen LogP) is 3.51.